The summed E-state index contributed by atoms with van der Waals surface area (Å²) in [5, 5.41) is 10.2. The number of carbonyl (C=O) groups is 1. The van der Waals surface area contributed by atoms with Crippen molar-refractivity contribution in [1.82, 2.24) is 15.0 Å². The van der Waals surface area contributed by atoms with Crippen molar-refractivity contribution in [3.8, 4) is 0 Å². The van der Waals surface area contributed by atoms with Gasteiger partial charge in [-0.2, -0.15) is 0 Å². The largest absolute Gasteiger partial charge is 0.390 e. The minimum atomic E-state index is -0.288. The number of nitrogens with zero attached hydrogens (tertiary/aromatic N) is 5. The SMILES string of the molecule is Cc1nc(N2CCC3(CC2)Cc2ccccc2[C@H]3N)c(CO)nc1C(=O)N1CCc2nc(N)ccc21. The lowest BCUT2D eigenvalue weighted by Crippen LogP contribution is -2.45. The highest BCUT2D eigenvalue weighted by Crippen LogP contribution is 2.51. The predicted octanol–water partition coefficient (Wildman–Crippen LogP) is 2.30. The van der Waals surface area contributed by atoms with Crippen LogP contribution in [0.2, 0.25) is 0 Å². The summed E-state index contributed by atoms with van der Waals surface area (Å²) < 4.78 is 0. The fourth-order valence-corrected chi connectivity index (χ4v) is 6.19. The maximum Gasteiger partial charge on any atom is 0.278 e. The molecule has 6 rings (SSSR count). The van der Waals surface area contributed by atoms with Gasteiger partial charge in [-0.15, -0.1) is 0 Å². The van der Waals surface area contributed by atoms with Crippen LogP contribution in [-0.4, -0.2) is 45.6 Å². The number of anilines is 3. The smallest absolute Gasteiger partial charge is 0.278 e. The first-order valence-corrected chi connectivity index (χ1v) is 12.5. The van der Waals surface area contributed by atoms with Gasteiger partial charge in [-0.05, 0) is 54.9 Å². The van der Waals surface area contributed by atoms with E-state index in [9.17, 15) is 9.90 Å². The number of amides is 1. The van der Waals surface area contributed by atoms with Gasteiger partial charge in [0.2, 0.25) is 0 Å². The fraction of sp³-hybridized carbons (Fsp3) is 0.407. The van der Waals surface area contributed by atoms with Crippen LogP contribution in [0.25, 0.3) is 0 Å². The van der Waals surface area contributed by atoms with Crippen molar-refractivity contribution < 1.29 is 9.90 Å². The molecule has 0 saturated carbocycles. The Hall–Kier alpha value is -3.56. The van der Waals surface area contributed by atoms with Gasteiger partial charge in [0.15, 0.2) is 5.82 Å². The lowest BCUT2D eigenvalue weighted by Gasteiger charge is -2.43. The van der Waals surface area contributed by atoms with E-state index in [1.165, 1.54) is 11.1 Å². The molecule has 9 nitrogen and oxygen atoms in total. The Labute approximate surface area is 210 Å². The molecule has 0 bridgehead atoms. The van der Waals surface area contributed by atoms with E-state index in [1.807, 2.05) is 6.07 Å². The molecule has 186 valence electrons. The maximum absolute atomic E-state index is 13.4. The number of fused-ring (bicyclic) bond motifs is 2. The van der Waals surface area contributed by atoms with Gasteiger partial charge < -0.3 is 26.4 Å². The number of hydrogen-bond donors (Lipinski definition) is 3. The average Bonchev–Trinajstić information content (AvgIpc) is 3.42. The van der Waals surface area contributed by atoms with Crippen LogP contribution in [0.5, 0.6) is 0 Å². The molecule has 3 aromatic rings. The number of nitrogens with two attached hydrogens (primary N) is 2. The van der Waals surface area contributed by atoms with Crippen molar-refractivity contribution in [2.45, 2.75) is 45.3 Å². The van der Waals surface area contributed by atoms with Crippen molar-refractivity contribution in [3.63, 3.8) is 0 Å². The molecule has 5 N–H and O–H groups in total. The molecule has 9 heteroatoms. The van der Waals surface area contributed by atoms with Crippen molar-refractivity contribution in [2.24, 2.45) is 11.1 Å². The zero-order valence-corrected chi connectivity index (χ0v) is 20.4. The first-order valence-electron chi connectivity index (χ1n) is 12.5. The summed E-state index contributed by atoms with van der Waals surface area (Å²) in [6.45, 7) is 3.59. The van der Waals surface area contributed by atoms with Crippen LogP contribution < -0.4 is 21.3 Å². The molecule has 1 spiro atoms. The second kappa shape index (κ2) is 8.53. The number of nitrogen functional groups attached to an aromatic ring is 1. The molecule has 1 atom stereocenters. The predicted molar refractivity (Wildman–Crippen MR) is 138 cm³/mol. The first-order chi connectivity index (χ1) is 17.4. The number of benzene rings is 1. The van der Waals surface area contributed by atoms with Crippen LogP contribution >= 0.6 is 0 Å². The van der Waals surface area contributed by atoms with Crippen LogP contribution in [0.1, 0.15) is 57.6 Å². The van der Waals surface area contributed by atoms with Gasteiger partial charge >= 0.3 is 0 Å². The van der Waals surface area contributed by atoms with Crippen molar-refractivity contribution in [2.75, 3.05) is 35.2 Å². The van der Waals surface area contributed by atoms with Crippen molar-refractivity contribution in [1.29, 1.82) is 0 Å². The van der Waals surface area contributed by atoms with Gasteiger partial charge in [-0.1, -0.05) is 24.3 Å². The van der Waals surface area contributed by atoms with Crippen LogP contribution in [0.4, 0.5) is 17.3 Å². The Morgan fingerprint density at radius 3 is 2.64 bits per heavy atom. The zero-order valence-electron chi connectivity index (χ0n) is 20.4. The molecule has 3 aliphatic rings. The summed E-state index contributed by atoms with van der Waals surface area (Å²) >= 11 is 0. The first kappa shape index (κ1) is 22.9. The normalized spacial score (nSPS) is 20.0. The van der Waals surface area contributed by atoms with Gasteiger partial charge in [0.25, 0.3) is 5.91 Å². The lowest BCUT2D eigenvalue weighted by atomic mass is 9.73. The average molecular weight is 486 g/mol. The standard InChI is InChI=1S/C27H31N7O2/c1-16-23(26(36)34-11-8-19-21(34)6-7-22(28)31-19)32-20(15-35)25(30-16)33-12-9-27(10-13-33)14-17-4-2-3-5-18(17)24(27)29/h2-7,24,35H,8-15,29H2,1H3,(H2,28,31)/t24-/m1/s1. The topological polar surface area (TPSA) is 134 Å². The van der Waals surface area contributed by atoms with E-state index in [0.29, 0.717) is 36.0 Å². The fourth-order valence-electron chi connectivity index (χ4n) is 6.19. The quantitative estimate of drug-likeness (QED) is 0.514. The number of rotatable bonds is 3. The van der Waals surface area contributed by atoms with Crippen molar-refractivity contribution >= 4 is 23.2 Å². The number of aromatic nitrogens is 3. The molecule has 0 radical (unpaired) electrons. The summed E-state index contributed by atoms with van der Waals surface area (Å²) in [5.74, 6) is 0.859. The van der Waals surface area contributed by atoms with E-state index >= 15 is 0 Å². The highest BCUT2D eigenvalue weighted by atomic mass is 16.3. The molecular formula is C27H31N7O2. The monoisotopic (exact) mass is 485 g/mol. The molecule has 2 aliphatic heterocycles. The molecule has 1 amide bonds. The summed E-state index contributed by atoms with van der Waals surface area (Å²) in [4.78, 5) is 31.1. The molecule has 36 heavy (non-hydrogen) atoms. The number of pyridine rings is 1. The van der Waals surface area contributed by atoms with E-state index in [1.54, 1.807) is 17.9 Å². The maximum atomic E-state index is 13.4. The Balaban J connectivity index is 1.23. The van der Waals surface area contributed by atoms with Crippen LogP contribution in [-0.2, 0) is 19.4 Å². The molecule has 0 unspecified atom stereocenters. The molecule has 1 aromatic carbocycles. The van der Waals surface area contributed by atoms with Gasteiger partial charge in [-0.3, -0.25) is 4.79 Å². The van der Waals surface area contributed by atoms with Crippen LogP contribution in [0.15, 0.2) is 36.4 Å². The van der Waals surface area contributed by atoms with Gasteiger partial charge in [0.05, 0.1) is 23.7 Å². The Morgan fingerprint density at radius 1 is 1.11 bits per heavy atom. The Morgan fingerprint density at radius 2 is 1.89 bits per heavy atom. The third kappa shape index (κ3) is 3.53. The van der Waals surface area contributed by atoms with E-state index in [0.717, 1.165) is 43.7 Å². The summed E-state index contributed by atoms with van der Waals surface area (Å²) in [7, 11) is 0. The Bertz CT molecular complexity index is 1350. The molecule has 1 aliphatic carbocycles. The van der Waals surface area contributed by atoms with Crippen LogP contribution in [0.3, 0.4) is 0 Å². The molecule has 4 heterocycles. The molecule has 2 aromatic heterocycles. The van der Waals surface area contributed by atoms with Crippen LogP contribution in [0, 0.1) is 12.3 Å². The van der Waals surface area contributed by atoms with Gasteiger partial charge in [-0.25, -0.2) is 15.0 Å². The highest BCUT2D eigenvalue weighted by molar-refractivity contribution is 6.06. The second-order valence-electron chi connectivity index (χ2n) is 10.2. The minimum absolute atomic E-state index is 0.0363. The van der Waals surface area contributed by atoms with Gasteiger partial charge in [0.1, 0.15) is 17.2 Å². The minimum Gasteiger partial charge on any atom is -0.390 e. The second-order valence-corrected chi connectivity index (χ2v) is 10.2. The van der Waals surface area contributed by atoms with E-state index in [2.05, 4.69) is 39.1 Å². The third-order valence-corrected chi connectivity index (χ3v) is 8.20. The zero-order chi connectivity index (χ0) is 25.0. The van der Waals surface area contributed by atoms with E-state index in [-0.39, 0.29) is 29.7 Å². The number of aryl methyl sites for hydroxylation is 1. The number of piperidine rings is 1. The third-order valence-electron chi connectivity index (χ3n) is 8.20. The Kier molecular flexibility index (Phi) is 5.42. The lowest BCUT2D eigenvalue weighted by molar-refractivity contribution is 0.0983. The van der Waals surface area contributed by atoms with E-state index in [4.69, 9.17) is 16.5 Å². The molecular weight excluding hydrogens is 454 g/mol. The summed E-state index contributed by atoms with van der Waals surface area (Å²) in [6.07, 6.45) is 3.53. The summed E-state index contributed by atoms with van der Waals surface area (Å²) in [5.41, 5.74) is 18.0. The molecule has 1 saturated heterocycles. The van der Waals surface area contributed by atoms with Crippen molar-refractivity contribution in [3.05, 3.63) is 70.3 Å². The number of hydrogen-bond acceptors (Lipinski definition) is 8. The summed E-state index contributed by atoms with van der Waals surface area (Å²) in [6, 6.07) is 12.0. The number of aliphatic hydroxyl groups excluding tert-OH is 1. The van der Waals surface area contributed by atoms with Gasteiger partial charge in [0, 0.05) is 32.1 Å². The van der Waals surface area contributed by atoms with E-state index < -0.39 is 0 Å². The highest BCUT2D eigenvalue weighted by Gasteiger charge is 2.46. The number of carbonyl (C=O) groups excluding carboxylic acids is 1. The molecule has 1 fully saturated rings. The number of aliphatic hydroxyl groups is 1.